The lowest BCUT2D eigenvalue weighted by molar-refractivity contribution is -0.117. The van der Waals surface area contributed by atoms with E-state index in [1.54, 1.807) is 32.4 Å². The van der Waals surface area contributed by atoms with Gasteiger partial charge in [0.25, 0.3) is 0 Å². The number of fused-ring (bicyclic) bond motifs is 2. The Labute approximate surface area is 187 Å². The van der Waals surface area contributed by atoms with E-state index in [1.165, 1.54) is 23.0 Å². The minimum atomic E-state index is -0.407. The molecule has 7 nitrogen and oxygen atoms in total. The number of hydrogen-bond acceptors (Lipinski definition) is 5. The van der Waals surface area contributed by atoms with Gasteiger partial charge in [0.05, 0.1) is 19.2 Å². The number of nitrogens with zero attached hydrogens (tertiary/aromatic N) is 2. The minimum absolute atomic E-state index is 0.0352. The zero-order valence-corrected chi connectivity index (χ0v) is 18.5. The van der Waals surface area contributed by atoms with Crippen LogP contribution in [-0.2, 0) is 18.3 Å². The van der Waals surface area contributed by atoms with Crippen molar-refractivity contribution in [1.82, 2.24) is 9.47 Å². The van der Waals surface area contributed by atoms with Crippen molar-refractivity contribution in [3.8, 4) is 5.75 Å². The van der Waals surface area contributed by atoms with Crippen LogP contribution in [0.2, 0.25) is 0 Å². The maximum Gasteiger partial charge on any atom is 0.419 e. The number of nitrogens with one attached hydrogen (secondary N) is 1. The quantitative estimate of drug-likeness (QED) is 0.643. The molecule has 1 aliphatic carbocycles. The maximum absolute atomic E-state index is 12.7. The van der Waals surface area contributed by atoms with Crippen LogP contribution in [0.15, 0.2) is 51.7 Å². The number of hydrogen-bond donors (Lipinski definition) is 1. The summed E-state index contributed by atoms with van der Waals surface area (Å²) in [4.78, 5) is 26.6. The van der Waals surface area contributed by atoms with Gasteiger partial charge in [-0.3, -0.25) is 14.3 Å². The number of ether oxygens (including phenoxy) is 1. The Balaban J connectivity index is 1.18. The van der Waals surface area contributed by atoms with Crippen LogP contribution >= 0.6 is 0 Å². The molecule has 2 aromatic carbocycles. The van der Waals surface area contributed by atoms with Gasteiger partial charge in [-0.05, 0) is 66.8 Å². The monoisotopic (exact) mass is 435 g/mol. The fourth-order valence-corrected chi connectivity index (χ4v) is 5.57. The van der Waals surface area contributed by atoms with Crippen LogP contribution in [0.5, 0.6) is 5.75 Å². The Kier molecular flexibility index (Phi) is 5.51. The fourth-order valence-electron chi connectivity index (χ4n) is 5.57. The van der Waals surface area contributed by atoms with Gasteiger partial charge in [-0.1, -0.05) is 12.1 Å². The third-order valence-electron chi connectivity index (χ3n) is 7.16. The molecule has 1 saturated heterocycles. The van der Waals surface area contributed by atoms with Gasteiger partial charge in [0.15, 0.2) is 5.58 Å². The molecule has 0 spiro atoms. The number of likely N-dealkylation sites (tertiary alicyclic amines) is 1. The highest BCUT2D eigenvalue weighted by atomic mass is 16.5. The standard InChI is InChI=1S/C25H29N3O4/c1-27-22-9-8-19(12-23(22)32-25(27)30)26-24(29)15-28-13-18-7-6-17(21(18)14-28)10-16-4-3-5-20(11-16)31-2/h3-5,8-9,11-12,17-18,21H,6-7,10,13-15H2,1-2H3,(H,26,29)/t17-,18-,21-/m1/s1. The van der Waals surface area contributed by atoms with Gasteiger partial charge < -0.3 is 14.5 Å². The van der Waals surface area contributed by atoms with Crippen molar-refractivity contribution in [3.63, 3.8) is 0 Å². The molecule has 2 aliphatic rings. The molecular formula is C25H29N3O4. The summed E-state index contributed by atoms with van der Waals surface area (Å²) in [5.41, 5.74) is 3.16. The van der Waals surface area contributed by atoms with Crippen LogP contribution in [-0.4, -0.2) is 42.1 Å². The molecule has 168 valence electrons. The highest BCUT2D eigenvalue weighted by molar-refractivity contribution is 5.94. The molecule has 0 radical (unpaired) electrons. The molecule has 3 aromatic rings. The fraction of sp³-hybridized carbons (Fsp3) is 0.440. The first-order valence-electron chi connectivity index (χ1n) is 11.2. The van der Waals surface area contributed by atoms with Crippen LogP contribution in [0.4, 0.5) is 5.69 Å². The molecule has 7 heteroatoms. The molecule has 0 bridgehead atoms. The van der Waals surface area contributed by atoms with E-state index in [2.05, 4.69) is 28.4 Å². The zero-order chi connectivity index (χ0) is 22.2. The molecule has 1 N–H and O–H groups in total. The molecule has 1 amide bonds. The molecule has 2 fully saturated rings. The Morgan fingerprint density at radius 2 is 2.06 bits per heavy atom. The van der Waals surface area contributed by atoms with Gasteiger partial charge in [-0.25, -0.2) is 4.79 Å². The number of aromatic nitrogens is 1. The number of carbonyl (C=O) groups excluding carboxylic acids is 1. The van der Waals surface area contributed by atoms with Crippen molar-refractivity contribution in [2.75, 3.05) is 32.1 Å². The van der Waals surface area contributed by atoms with Gasteiger partial charge in [0, 0.05) is 31.9 Å². The Bertz CT molecular complexity index is 1200. The van der Waals surface area contributed by atoms with Crippen LogP contribution in [0.25, 0.3) is 11.1 Å². The largest absolute Gasteiger partial charge is 0.497 e. The van der Waals surface area contributed by atoms with E-state index in [-0.39, 0.29) is 5.91 Å². The van der Waals surface area contributed by atoms with Gasteiger partial charge in [0.1, 0.15) is 5.75 Å². The van der Waals surface area contributed by atoms with E-state index >= 15 is 0 Å². The Morgan fingerprint density at radius 1 is 1.19 bits per heavy atom. The normalized spacial score (nSPS) is 22.9. The lowest BCUT2D eigenvalue weighted by Gasteiger charge is -2.21. The number of aryl methyl sites for hydroxylation is 1. The number of rotatable bonds is 6. The van der Waals surface area contributed by atoms with Gasteiger partial charge in [-0.15, -0.1) is 0 Å². The molecule has 1 aliphatic heterocycles. The van der Waals surface area contributed by atoms with Crippen molar-refractivity contribution < 1.29 is 13.9 Å². The van der Waals surface area contributed by atoms with E-state index in [9.17, 15) is 9.59 Å². The zero-order valence-electron chi connectivity index (χ0n) is 18.5. The summed E-state index contributed by atoms with van der Waals surface area (Å²) < 4.78 is 12.0. The first-order chi connectivity index (χ1) is 15.5. The second-order valence-corrected chi connectivity index (χ2v) is 9.17. The van der Waals surface area contributed by atoms with Gasteiger partial charge in [0.2, 0.25) is 5.91 Å². The summed E-state index contributed by atoms with van der Waals surface area (Å²) in [5, 5.41) is 2.95. The summed E-state index contributed by atoms with van der Waals surface area (Å²) in [6, 6.07) is 13.7. The van der Waals surface area contributed by atoms with E-state index in [1.807, 2.05) is 6.07 Å². The molecule has 3 atom stereocenters. The minimum Gasteiger partial charge on any atom is -0.497 e. The third-order valence-corrected chi connectivity index (χ3v) is 7.16. The predicted octanol–water partition coefficient (Wildman–Crippen LogP) is 3.28. The van der Waals surface area contributed by atoms with Crippen molar-refractivity contribution in [3.05, 3.63) is 58.6 Å². The second kappa shape index (κ2) is 8.47. The van der Waals surface area contributed by atoms with E-state index < -0.39 is 5.76 Å². The summed E-state index contributed by atoms with van der Waals surface area (Å²) >= 11 is 0. The highest BCUT2D eigenvalue weighted by Gasteiger charge is 2.42. The molecule has 2 heterocycles. The van der Waals surface area contributed by atoms with Crippen molar-refractivity contribution in [1.29, 1.82) is 0 Å². The first kappa shape index (κ1) is 20.8. The molecule has 1 aromatic heterocycles. The molecule has 0 unspecified atom stereocenters. The summed E-state index contributed by atoms with van der Waals surface area (Å²) in [7, 11) is 3.37. The average Bonchev–Trinajstić information content (AvgIpc) is 3.42. The lowest BCUT2D eigenvalue weighted by Crippen LogP contribution is -2.32. The summed E-state index contributed by atoms with van der Waals surface area (Å²) in [6.45, 7) is 2.34. The topological polar surface area (TPSA) is 76.7 Å². The number of anilines is 1. The third kappa shape index (κ3) is 4.05. The van der Waals surface area contributed by atoms with Gasteiger partial charge in [-0.2, -0.15) is 0 Å². The van der Waals surface area contributed by atoms with Crippen molar-refractivity contribution in [2.45, 2.75) is 19.3 Å². The Morgan fingerprint density at radius 3 is 2.91 bits per heavy atom. The lowest BCUT2D eigenvalue weighted by atomic mass is 9.87. The predicted molar refractivity (Wildman–Crippen MR) is 123 cm³/mol. The molecule has 1 saturated carbocycles. The smallest absolute Gasteiger partial charge is 0.419 e. The Hall–Kier alpha value is -3.06. The summed E-state index contributed by atoms with van der Waals surface area (Å²) in [6.07, 6.45) is 3.57. The number of methoxy groups -OCH3 is 1. The van der Waals surface area contributed by atoms with E-state index in [0.29, 0.717) is 41.1 Å². The van der Waals surface area contributed by atoms with Crippen LogP contribution in [0, 0.1) is 17.8 Å². The SMILES string of the molecule is COc1cccc(C[C@H]2CC[C@@H]3CN(CC(=O)Nc4ccc5c(c4)oc(=O)n5C)C[C@H]23)c1. The van der Waals surface area contributed by atoms with Crippen molar-refractivity contribution in [2.24, 2.45) is 24.8 Å². The van der Waals surface area contributed by atoms with E-state index in [0.717, 1.165) is 25.3 Å². The molecule has 32 heavy (non-hydrogen) atoms. The van der Waals surface area contributed by atoms with E-state index in [4.69, 9.17) is 9.15 Å². The number of oxazole rings is 1. The van der Waals surface area contributed by atoms with Crippen LogP contribution in [0.1, 0.15) is 18.4 Å². The van der Waals surface area contributed by atoms with Gasteiger partial charge >= 0.3 is 5.76 Å². The molecular weight excluding hydrogens is 406 g/mol. The summed E-state index contributed by atoms with van der Waals surface area (Å²) in [5.74, 6) is 2.44. The number of carbonyl (C=O) groups is 1. The van der Waals surface area contributed by atoms with Crippen LogP contribution in [0.3, 0.4) is 0 Å². The second-order valence-electron chi connectivity index (χ2n) is 9.17. The number of amides is 1. The highest BCUT2D eigenvalue weighted by Crippen LogP contribution is 2.43. The number of benzene rings is 2. The van der Waals surface area contributed by atoms with Crippen molar-refractivity contribution >= 4 is 22.7 Å². The first-order valence-corrected chi connectivity index (χ1v) is 11.2. The molecule has 5 rings (SSSR count). The average molecular weight is 436 g/mol. The maximum atomic E-state index is 12.7. The van der Waals surface area contributed by atoms with Crippen LogP contribution < -0.4 is 15.8 Å².